The third-order valence-corrected chi connectivity index (χ3v) is 6.55. The zero-order valence-corrected chi connectivity index (χ0v) is 16.5. The Hall–Kier alpha value is -1.41. The minimum absolute atomic E-state index is 0.0692. The van der Waals surface area contributed by atoms with Gasteiger partial charge in [-0.2, -0.15) is 0 Å². The quantitative estimate of drug-likeness (QED) is 0.798. The average Bonchev–Trinajstić information content (AvgIpc) is 2.51. The first kappa shape index (κ1) is 18.9. The van der Waals surface area contributed by atoms with Crippen LogP contribution in [0, 0.1) is 6.92 Å². The molecular formula is C16H16BrClN2O3S. The van der Waals surface area contributed by atoms with Gasteiger partial charge in [-0.25, -0.2) is 12.7 Å². The minimum atomic E-state index is -3.73. The predicted octanol–water partition coefficient (Wildman–Crippen LogP) is 3.91. The molecule has 0 saturated carbocycles. The summed E-state index contributed by atoms with van der Waals surface area (Å²) in [7, 11) is -0.922. The number of amides is 1. The second kappa shape index (κ2) is 7.23. The van der Waals surface area contributed by atoms with Crippen LogP contribution in [-0.4, -0.2) is 32.7 Å². The monoisotopic (exact) mass is 430 g/mol. The number of hydrogen-bond acceptors (Lipinski definition) is 3. The van der Waals surface area contributed by atoms with Crippen molar-refractivity contribution >= 4 is 49.1 Å². The fourth-order valence-electron chi connectivity index (χ4n) is 1.96. The first-order valence-corrected chi connectivity index (χ1v) is 9.53. The molecule has 5 nitrogen and oxygen atoms in total. The molecule has 0 atom stereocenters. The normalized spacial score (nSPS) is 11.6. The van der Waals surface area contributed by atoms with Gasteiger partial charge in [0.25, 0.3) is 5.91 Å². The maximum atomic E-state index is 12.4. The van der Waals surface area contributed by atoms with E-state index in [0.717, 1.165) is 14.3 Å². The molecule has 8 heteroatoms. The predicted molar refractivity (Wildman–Crippen MR) is 99.2 cm³/mol. The van der Waals surface area contributed by atoms with E-state index in [-0.39, 0.29) is 15.5 Å². The molecule has 0 unspecified atom stereocenters. The van der Waals surface area contributed by atoms with Crippen LogP contribution in [0.25, 0.3) is 0 Å². The highest BCUT2D eigenvalue weighted by atomic mass is 79.9. The molecule has 2 rings (SSSR count). The van der Waals surface area contributed by atoms with E-state index in [0.29, 0.717) is 5.69 Å². The second-order valence-electron chi connectivity index (χ2n) is 5.35. The van der Waals surface area contributed by atoms with E-state index in [1.807, 2.05) is 19.1 Å². The van der Waals surface area contributed by atoms with Gasteiger partial charge in [-0.1, -0.05) is 27.5 Å². The van der Waals surface area contributed by atoms with Crippen LogP contribution >= 0.6 is 27.5 Å². The van der Waals surface area contributed by atoms with Crippen molar-refractivity contribution < 1.29 is 13.2 Å². The molecule has 0 aliphatic carbocycles. The lowest BCUT2D eigenvalue weighted by atomic mass is 10.2. The van der Waals surface area contributed by atoms with Crippen molar-refractivity contribution in [3.8, 4) is 0 Å². The van der Waals surface area contributed by atoms with Gasteiger partial charge in [-0.3, -0.25) is 4.79 Å². The van der Waals surface area contributed by atoms with Gasteiger partial charge < -0.3 is 5.32 Å². The summed E-state index contributed by atoms with van der Waals surface area (Å²) in [5, 5.41) is 2.81. The van der Waals surface area contributed by atoms with Crippen LogP contribution in [0.2, 0.25) is 5.02 Å². The van der Waals surface area contributed by atoms with Gasteiger partial charge in [0.15, 0.2) is 0 Å². The maximum absolute atomic E-state index is 12.4. The zero-order valence-electron chi connectivity index (χ0n) is 13.3. The highest BCUT2D eigenvalue weighted by Gasteiger charge is 2.22. The first-order chi connectivity index (χ1) is 11.1. The summed E-state index contributed by atoms with van der Waals surface area (Å²) in [5.74, 6) is -0.413. The highest BCUT2D eigenvalue weighted by molar-refractivity contribution is 9.10. The van der Waals surface area contributed by atoms with Crippen LogP contribution in [0.1, 0.15) is 15.9 Å². The van der Waals surface area contributed by atoms with Crippen LogP contribution in [0.5, 0.6) is 0 Å². The van der Waals surface area contributed by atoms with E-state index in [2.05, 4.69) is 21.2 Å². The van der Waals surface area contributed by atoms with Crippen molar-refractivity contribution in [1.29, 1.82) is 0 Å². The van der Waals surface area contributed by atoms with Gasteiger partial charge >= 0.3 is 0 Å². The Morgan fingerprint density at radius 2 is 1.83 bits per heavy atom. The number of halogens is 2. The van der Waals surface area contributed by atoms with Crippen molar-refractivity contribution in [2.45, 2.75) is 11.8 Å². The molecule has 0 aromatic heterocycles. The molecule has 0 aliphatic rings. The van der Waals surface area contributed by atoms with Gasteiger partial charge in [-0.15, -0.1) is 0 Å². The number of aryl methyl sites for hydroxylation is 1. The maximum Gasteiger partial charge on any atom is 0.255 e. The molecule has 0 heterocycles. The van der Waals surface area contributed by atoms with Gasteiger partial charge in [0, 0.05) is 29.8 Å². The number of hydrogen-bond donors (Lipinski definition) is 1. The lowest BCUT2D eigenvalue weighted by molar-refractivity contribution is 0.102. The number of rotatable bonds is 4. The number of sulfonamides is 1. The Morgan fingerprint density at radius 3 is 2.42 bits per heavy atom. The topological polar surface area (TPSA) is 66.5 Å². The van der Waals surface area contributed by atoms with Crippen LogP contribution in [0.3, 0.4) is 0 Å². The van der Waals surface area contributed by atoms with Crippen LogP contribution in [-0.2, 0) is 10.0 Å². The Morgan fingerprint density at radius 1 is 1.17 bits per heavy atom. The van der Waals surface area contributed by atoms with Gasteiger partial charge in [0.05, 0.1) is 5.02 Å². The van der Waals surface area contributed by atoms with E-state index >= 15 is 0 Å². The number of nitrogens with zero attached hydrogens (tertiary/aromatic N) is 1. The lowest BCUT2D eigenvalue weighted by Gasteiger charge is -2.14. The fraction of sp³-hybridized carbons (Fsp3) is 0.188. The zero-order chi connectivity index (χ0) is 18.1. The molecule has 0 aliphatic heterocycles. The number of nitrogens with one attached hydrogen (secondary N) is 1. The molecule has 0 saturated heterocycles. The summed E-state index contributed by atoms with van der Waals surface area (Å²) in [6.07, 6.45) is 0. The summed E-state index contributed by atoms with van der Waals surface area (Å²) in [5.41, 5.74) is 1.80. The van der Waals surface area contributed by atoms with Crippen LogP contribution < -0.4 is 5.32 Å². The van der Waals surface area contributed by atoms with E-state index in [1.165, 1.54) is 32.3 Å². The standard InChI is InChI=1S/C16H16BrClN2O3S/c1-10-8-12(5-6-13(10)17)19-16(21)11-4-7-14(18)15(9-11)24(22,23)20(2)3/h4-9H,1-3H3,(H,19,21). The third kappa shape index (κ3) is 3.97. The molecule has 24 heavy (non-hydrogen) atoms. The third-order valence-electron chi connectivity index (χ3n) is 3.37. The van der Waals surface area contributed by atoms with Crippen molar-refractivity contribution in [2.75, 3.05) is 19.4 Å². The lowest BCUT2D eigenvalue weighted by Crippen LogP contribution is -2.23. The SMILES string of the molecule is Cc1cc(NC(=O)c2ccc(Cl)c(S(=O)(=O)N(C)C)c2)ccc1Br. The van der Waals surface area contributed by atoms with Crippen molar-refractivity contribution in [3.63, 3.8) is 0 Å². The summed E-state index contributed by atoms with van der Waals surface area (Å²) in [6.45, 7) is 1.91. The molecule has 0 spiro atoms. The minimum Gasteiger partial charge on any atom is -0.322 e. The molecule has 0 radical (unpaired) electrons. The molecule has 0 bridgehead atoms. The molecule has 1 amide bonds. The summed E-state index contributed by atoms with van der Waals surface area (Å²) in [4.78, 5) is 12.3. The van der Waals surface area contributed by atoms with Gasteiger partial charge in [0.2, 0.25) is 10.0 Å². The molecule has 2 aromatic carbocycles. The summed E-state index contributed by atoms with van der Waals surface area (Å²) in [6, 6.07) is 9.56. The van der Waals surface area contributed by atoms with Crippen molar-refractivity contribution in [3.05, 3.63) is 57.0 Å². The highest BCUT2D eigenvalue weighted by Crippen LogP contribution is 2.26. The molecule has 1 N–H and O–H groups in total. The van der Waals surface area contributed by atoms with Crippen LogP contribution in [0.4, 0.5) is 5.69 Å². The van der Waals surface area contributed by atoms with E-state index < -0.39 is 15.9 Å². The van der Waals surface area contributed by atoms with E-state index in [9.17, 15) is 13.2 Å². The number of anilines is 1. The van der Waals surface area contributed by atoms with E-state index in [1.54, 1.807) is 6.07 Å². The molecule has 2 aromatic rings. The van der Waals surface area contributed by atoms with Crippen molar-refractivity contribution in [2.24, 2.45) is 0 Å². The first-order valence-electron chi connectivity index (χ1n) is 6.92. The Kier molecular flexibility index (Phi) is 5.70. The largest absolute Gasteiger partial charge is 0.322 e. The second-order valence-corrected chi connectivity index (χ2v) is 8.73. The van der Waals surface area contributed by atoms with Gasteiger partial charge in [-0.05, 0) is 48.9 Å². The summed E-state index contributed by atoms with van der Waals surface area (Å²) >= 11 is 9.38. The Balaban J connectivity index is 2.35. The fourth-order valence-corrected chi connectivity index (χ4v) is 3.61. The molecule has 0 fully saturated rings. The van der Waals surface area contributed by atoms with Crippen LogP contribution in [0.15, 0.2) is 45.8 Å². The van der Waals surface area contributed by atoms with E-state index in [4.69, 9.17) is 11.6 Å². The molecule has 128 valence electrons. The Labute approximate surface area is 154 Å². The van der Waals surface area contributed by atoms with Crippen molar-refractivity contribution in [1.82, 2.24) is 4.31 Å². The number of carbonyl (C=O) groups is 1. The van der Waals surface area contributed by atoms with Gasteiger partial charge in [0.1, 0.15) is 4.90 Å². The molecular weight excluding hydrogens is 416 g/mol. The number of benzene rings is 2. The smallest absolute Gasteiger partial charge is 0.255 e. The Bertz CT molecular complexity index is 898. The number of carbonyl (C=O) groups excluding carboxylic acids is 1. The average molecular weight is 432 g/mol. The summed E-state index contributed by atoms with van der Waals surface area (Å²) < 4.78 is 26.5.